The van der Waals surface area contributed by atoms with Crippen LogP contribution in [0, 0.1) is 5.82 Å². The van der Waals surface area contributed by atoms with E-state index in [4.69, 9.17) is 10.5 Å². The highest BCUT2D eigenvalue weighted by atomic mass is 19.1. The Morgan fingerprint density at radius 2 is 2.18 bits per heavy atom. The van der Waals surface area contributed by atoms with Crippen molar-refractivity contribution in [3.63, 3.8) is 0 Å². The summed E-state index contributed by atoms with van der Waals surface area (Å²) in [5, 5.41) is 0. The van der Waals surface area contributed by atoms with E-state index in [1.807, 2.05) is 0 Å². The summed E-state index contributed by atoms with van der Waals surface area (Å²) in [6.07, 6.45) is 0.573. The molecule has 1 unspecified atom stereocenters. The third kappa shape index (κ3) is 3.71. The summed E-state index contributed by atoms with van der Waals surface area (Å²) in [5.41, 5.74) is 6.44. The predicted molar refractivity (Wildman–Crippen MR) is 61.1 cm³/mol. The van der Waals surface area contributed by atoms with Gasteiger partial charge in [-0.15, -0.1) is 0 Å². The van der Waals surface area contributed by atoms with Gasteiger partial charge in [-0.3, -0.25) is 4.79 Å². The summed E-state index contributed by atoms with van der Waals surface area (Å²) in [6, 6.07) is 3.68. The van der Waals surface area contributed by atoms with Crippen LogP contribution in [0.25, 0.3) is 0 Å². The highest BCUT2D eigenvalue weighted by Crippen LogP contribution is 2.27. The maximum absolute atomic E-state index is 13.1. The van der Waals surface area contributed by atoms with Crippen molar-refractivity contribution < 1.29 is 18.7 Å². The maximum atomic E-state index is 13.1. The lowest BCUT2D eigenvalue weighted by molar-refractivity contribution is -0.140. The van der Waals surface area contributed by atoms with Crippen LogP contribution in [0.2, 0.25) is 0 Å². The summed E-state index contributed by atoms with van der Waals surface area (Å²) in [5.74, 6) is -0.200. The molecule has 0 saturated heterocycles. The molecule has 0 aliphatic heterocycles. The number of esters is 1. The average molecular weight is 241 g/mol. The fourth-order valence-electron chi connectivity index (χ4n) is 1.53. The highest BCUT2D eigenvalue weighted by molar-refractivity contribution is 5.69. The fourth-order valence-corrected chi connectivity index (χ4v) is 1.53. The predicted octanol–water partition coefficient (Wildman–Crippen LogP) is 1.79. The van der Waals surface area contributed by atoms with Gasteiger partial charge in [0.05, 0.1) is 14.2 Å². The van der Waals surface area contributed by atoms with Crippen LogP contribution in [0.4, 0.5) is 4.39 Å². The van der Waals surface area contributed by atoms with Gasteiger partial charge in [-0.1, -0.05) is 0 Å². The van der Waals surface area contributed by atoms with Crippen LogP contribution in [-0.2, 0) is 9.53 Å². The number of methoxy groups -OCH3 is 2. The molecule has 1 aromatic carbocycles. The molecular weight excluding hydrogens is 225 g/mol. The molecule has 0 amide bonds. The first-order chi connectivity index (χ1) is 8.08. The molecule has 0 bridgehead atoms. The van der Waals surface area contributed by atoms with E-state index in [-0.39, 0.29) is 18.2 Å². The van der Waals surface area contributed by atoms with E-state index >= 15 is 0 Å². The molecule has 0 aliphatic carbocycles. The van der Waals surface area contributed by atoms with Crippen LogP contribution in [0.15, 0.2) is 18.2 Å². The van der Waals surface area contributed by atoms with E-state index in [9.17, 15) is 9.18 Å². The molecular formula is C12H16FNO3. The van der Waals surface area contributed by atoms with Gasteiger partial charge in [0, 0.05) is 18.0 Å². The first-order valence-electron chi connectivity index (χ1n) is 5.24. The largest absolute Gasteiger partial charge is 0.496 e. The first-order valence-corrected chi connectivity index (χ1v) is 5.24. The average Bonchev–Trinajstić information content (AvgIpc) is 2.35. The molecule has 1 atom stereocenters. The summed E-state index contributed by atoms with van der Waals surface area (Å²) >= 11 is 0. The normalized spacial score (nSPS) is 12.0. The summed E-state index contributed by atoms with van der Waals surface area (Å²) in [4.78, 5) is 11.0. The lowest BCUT2D eigenvalue weighted by Gasteiger charge is -2.15. The van der Waals surface area contributed by atoms with Gasteiger partial charge in [0.2, 0.25) is 0 Å². The van der Waals surface area contributed by atoms with E-state index in [2.05, 4.69) is 4.74 Å². The topological polar surface area (TPSA) is 61.5 Å². The lowest BCUT2D eigenvalue weighted by atomic mass is 10.0. The van der Waals surface area contributed by atoms with Gasteiger partial charge in [-0.2, -0.15) is 0 Å². The highest BCUT2D eigenvalue weighted by Gasteiger charge is 2.14. The van der Waals surface area contributed by atoms with E-state index in [0.29, 0.717) is 17.7 Å². The molecule has 1 rings (SSSR count). The molecule has 0 fully saturated rings. The summed E-state index contributed by atoms with van der Waals surface area (Å²) < 4.78 is 22.7. The third-order valence-electron chi connectivity index (χ3n) is 2.48. The van der Waals surface area contributed by atoms with Crippen molar-refractivity contribution in [2.45, 2.75) is 18.9 Å². The monoisotopic (exact) mass is 241 g/mol. The molecule has 2 N–H and O–H groups in total. The number of halogens is 1. The Hall–Kier alpha value is -1.62. The van der Waals surface area contributed by atoms with E-state index in [1.165, 1.54) is 32.4 Å². The first kappa shape index (κ1) is 13.4. The second kappa shape index (κ2) is 6.20. The van der Waals surface area contributed by atoms with Gasteiger partial charge < -0.3 is 15.2 Å². The number of benzene rings is 1. The Balaban J connectivity index is 2.76. The Labute approximate surface area is 99.5 Å². The van der Waals surface area contributed by atoms with Gasteiger partial charge >= 0.3 is 5.97 Å². The zero-order valence-electron chi connectivity index (χ0n) is 9.90. The van der Waals surface area contributed by atoms with E-state index < -0.39 is 6.04 Å². The van der Waals surface area contributed by atoms with E-state index in [0.717, 1.165) is 0 Å². The van der Waals surface area contributed by atoms with Crippen molar-refractivity contribution in [3.8, 4) is 5.75 Å². The molecule has 94 valence electrons. The molecule has 5 heteroatoms. The number of carbonyl (C=O) groups excluding carboxylic acids is 1. The smallest absolute Gasteiger partial charge is 0.305 e. The molecule has 4 nitrogen and oxygen atoms in total. The lowest BCUT2D eigenvalue weighted by Crippen LogP contribution is -2.14. The standard InChI is InChI=1S/C12H16FNO3/c1-16-11-5-3-8(13)7-9(11)10(14)4-6-12(15)17-2/h3,5,7,10H,4,6,14H2,1-2H3. The van der Waals surface area contributed by atoms with Crippen molar-refractivity contribution in [2.75, 3.05) is 14.2 Å². The molecule has 0 heterocycles. The third-order valence-corrected chi connectivity index (χ3v) is 2.48. The van der Waals surface area contributed by atoms with Crippen LogP contribution >= 0.6 is 0 Å². The Kier molecular flexibility index (Phi) is 4.90. The van der Waals surface area contributed by atoms with Crippen LogP contribution in [0.1, 0.15) is 24.4 Å². The van der Waals surface area contributed by atoms with Gasteiger partial charge in [-0.05, 0) is 24.6 Å². The van der Waals surface area contributed by atoms with Crippen LogP contribution in [0.5, 0.6) is 5.75 Å². The zero-order valence-corrected chi connectivity index (χ0v) is 9.90. The minimum atomic E-state index is -0.459. The van der Waals surface area contributed by atoms with Crippen LogP contribution in [-0.4, -0.2) is 20.2 Å². The van der Waals surface area contributed by atoms with E-state index in [1.54, 1.807) is 0 Å². The minimum Gasteiger partial charge on any atom is -0.496 e. The van der Waals surface area contributed by atoms with Gasteiger partial charge in [0.1, 0.15) is 11.6 Å². The number of ether oxygens (including phenoxy) is 2. The molecule has 0 aromatic heterocycles. The SMILES string of the molecule is COC(=O)CCC(N)c1cc(F)ccc1OC. The molecule has 1 aromatic rings. The van der Waals surface area contributed by atoms with Crippen LogP contribution in [0.3, 0.4) is 0 Å². The number of nitrogens with two attached hydrogens (primary N) is 1. The molecule has 0 aliphatic rings. The Bertz CT molecular complexity index is 395. The van der Waals surface area contributed by atoms with Crippen LogP contribution < -0.4 is 10.5 Å². The van der Waals surface area contributed by atoms with Crippen molar-refractivity contribution in [1.29, 1.82) is 0 Å². The van der Waals surface area contributed by atoms with Gasteiger partial charge in [-0.25, -0.2) is 4.39 Å². The van der Waals surface area contributed by atoms with Crippen molar-refractivity contribution >= 4 is 5.97 Å². The second-order valence-corrected chi connectivity index (χ2v) is 3.61. The van der Waals surface area contributed by atoms with Crippen molar-refractivity contribution in [2.24, 2.45) is 5.73 Å². The number of rotatable bonds is 5. The number of hydrogen-bond acceptors (Lipinski definition) is 4. The number of hydrogen-bond donors (Lipinski definition) is 1. The minimum absolute atomic E-state index is 0.192. The fraction of sp³-hybridized carbons (Fsp3) is 0.417. The quantitative estimate of drug-likeness (QED) is 0.798. The summed E-state index contributed by atoms with van der Waals surface area (Å²) in [6.45, 7) is 0. The molecule has 17 heavy (non-hydrogen) atoms. The Morgan fingerprint density at radius 1 is 1.47 bits per heavy atom. The van der Waals surface area contributed by atoms with Crippen molar-refractivity contribution in [1.82, 2.24) is 0 Å². The molecule has 0 saturated carbocycles. The van der Waals surface area contributed by atoms with Gasteiger partial charge in [0.15, 0.2) is 0 Å². The van der Waals surface area contributed by atoms with Crippen molar-refractivity contribution in [3.05, 3.63) is 29.6 Å². The Morgan fingerprint density at radius 3 is 2.76 bits per heavy atom. The maximum Gasteiger partial charge on any atom is 0.305 e. The van der Waals surface area contributed by atoms with Gasteiger partial charge in [0.25, 0.3) is 0 Å². The number of carbonyl (C=O) groups is 1. The second-order valence-electron chi connectivity index (χ2n) is 3.61. The molecule has 0 spiro atoms. The summed E-state index contributed by atoms with van der Waals surface area (Å²) in [7, 11) is 2.81. The molecule has 0 radical (unpaired) electrons. The zero-order chi connectivity index (χ0) is 12.8.